The molecule has 0 N–H and O–H groups in total. The molecule has 1 saturated carbocycles. The minimum absolute atomic E-state index is 0.238. The predicted octanol–water partition coefficient (Wildman–Crippen LogP) is 3.60. The van der Waals surface area contributed by atoms with Crippen molar-refractivity contribution in [3.63, 3.8) is 0 Å². The van der Waals surface area contributed by atoms with Crippen LogP contribution >= 0.6 is 22.9 Å². The van der Waals surface area contributed by atoms with Crippen molar-refractivity contribution < 1.29 is 9.53 Å². The van der Waals surface area contributed by atoms with Crippen LogP contribution in [0.15, 0.2) is 0 Å². The van der Waals surface area contributed by atoms with Gasteiger partial charge in [-0.05, 0) is 18.8 Å². The van der Waals surface area contributed by atoms with Crippen LogP contribution in [-0.2, 0) is 4.74 Å². The monoisotopic (exact) mass is 302 g/mol. The van der Waals surface area contributed by atoms with Gasteiger partial charge in [0.25, 0.3) is 0 Å². The van der Waals surface area contributed by atoms with Crippen LogP contribution in [0.2, 0.25) is 5.15 Å². The van der Waals surface area contributed by atoms with Crippen molar-refractivity contribution in [1.82, 2.24) is 4.98 Å². The highest BCUT2D eigenvalue weighted by atomic mass is 35.5. The number of halogens is 1. The predicted molar refractivity (Wildman–Crippen MR) is 78.3 cm³/mol. The summed E-state index contributed by atoms with van der Waals surface area (Å²) in [5.74, 6) is 0.224. The van der Waals surface area contributed by atoms with E-state index in [1.54, 1.807) is 0 Å². The van der Waals surface area contributed by atoms with Gasteiger partial charge in [-0.1, -0.05) is 42.7 Å². The van der Waals surface area contributed by atoms with Gasteiger partial charge in [-0.15, -0.1) is 0 Å². The lowest BCUT2D eigenvalue weighted by molar-refractivity contribution is 0.0606. The van der Waals surface area contributed by atoms with E-state index >= 15 is 0 Å². The van der Waals surface area contributed by atoms with E-state index in [9.17, 15) is 4.79 Å². The van der Waals surface area contributed by atoms with Crippen molar-refractivity contribution >= 4 is 34.0 Å². The molecule has 2 unspecified atom stereocenters. The number of ether oxygens (including phenoxy) is 1. The molecule has 2 rings (SSSR count). The van der Waals surface area contributed by atoms with Crippen LogP contribution in [0.25, 0.3) is 0 Å². The van der Waals surface area contributed by atoms with Gasteiger partial charge in [-0.2, -0.15) is 0 Å². The summed E-state index contributed by atoms with van der Waals surface area (Å²) in [5.41, 5.74) is 0. The molecule has 0 aliphatic heterocycles. The van der Waals surface area contributed by atoms with Crippen molar-refractivity contribution in [2.24, 2.45) is 5.92 Å². The molecule has 1 fully saturated rings. The maximum absolute atomic E-state index is 11.6. The first-order valence-corrected chi connectivity index (χ1v) is 7.71. The lowest BCUT2D eigenvalue weighted by Gasteiger charge is -2.36. The molecule has 4 nitrogen and oxygen atoms in total. The fourth-order valence-corrected chi connectivity index (χ4v) is 3.89. The zero-order valence-corrected chi connectivity index (χ0v) is 13.1. The molecule has 1 heterocycles. The summed E-state index contributed by atoms with van der Waals surface area (Å²) in [7, 11) is 3.38. The van der Waals surface area contributed by atoms with Crippen molar-refractivity contribution in [2.45, 2.75) is 38.6 Å². The normalized spacial score (nSPS) is 23.2. The number of carbonyl (C=O) groups excluding carboxylic acids is 1. The third kappa shape index (κ3) is 3.03. The van der Waals surface area contributed by atoms with Crippen LogP contribution < -0.4 is 4.90 Å². The van der Waals surface area contributed by atoms with E-state index < -0.39 is 5.97 Å². The summed E-state index contributed by atoms with van der Waals surface area (Å²) in [6, 6.07) is 0.474. The van der Waals surface area contributed by atoms with E-state index in [2.05, 4.69) is 16.8 Å². The quantitative estimate of drug-likeness (QED) is 0.800. The number of aromatic nitrogens is 1. The molecule has 0 amide bonds. The summed E-state index contributed by atoms with van der Waals surface area (Å²) >= 11 is 7.31. The molecule has 0 radical (unpaired) electrons. The molecule has 1 aromatic heterocycles. The zero-order valence-electron chi connectivity index (χ0n) is 11.5. The molecule has 1 aliphatic rings. The van der Waals surface area contributed by atoms with Crippen molar-refractivity contribution in [3.8, 4) is 0 Å². The molecule has 2 atom stereocenters. The lowest BCUT2D eigenvalue weighted by Crippen LogP contribution is -2.38. The van der Waals surface area contributed by atoms with Gasteiger partial charge in [0.15, 0.2) is 15.2 Å². The Bertz CT molecular complexity index is 463. The summed E-state index contributed by atoms with van der Waals surface area (Å²) < 4.78 is 4.71. The number of nitrogens with zero attached hydrogens (tertiary/aromatic N) is 2. The fourth-order valence-electron chi connectivity index (χ4n) is 2.67. The standard InChI is InChI=1S/C13H19ClN2O2S/c1-8-6-4-5-7-9(8)16(2)13-15-11(14)10(19-13)12(17)18-3/h8-9H,4-7H2,1-3H3. The second-order valence-corrected chi connectivity index (χ2v) is 6.38. The van der Waals surface area contributed by atoms with E-state index in [-0.39, 0.29) is 5.15 Å². The Kier molecular flexibility index (Phi) is 4.68. The maximum Gasteiger partial charge on any atom is 0.351 e. The third-order valence-electron chi connectivity index (χ3n) is 3.81. The summed E-state index contributed by atoms with van der Waals surface area (Å²) in [6.45, 7) is 2.27. The van der Waals surface area contributed by atoms with Gasteiger partial charge in [0.2, 0.25) is 0 Å². The summed E-state index contributed by atoms with van der Waals surface area (Å²) in [6.07, 6.45) is 4.97. The second kappa shape index (κ2) is 6.09. The van der Waals surface area contributed by atoms with Gasteiger partial charge in [0, 0.05) is 13.1 Å². The van der Waals surface area contributed by atoms with Gasteiger partial charge in [0.1, 0.15) is 0 Å². The maximum atomic E-state index is 11.6. The third-order valence-corrected chi connectivity index (χ3v) is 5.32. The molecule has 6 heteroatoms. The fraction of sp³-hybridized carbons (Fsp3) is 0.692. The molecule has 0 spiro atoms. The highest BCUT2D eigenvalue weighted by Crippen LogP contribution is 2.35. The Morgan fingerprint density at radius 2 is 2.16 bits per heavy atom. The van der Waals surface area contributed by atoms with Crippen LogP contribution in [0.4, 0.5) is 5.13 Å². The zero-order chi connectivity index (χ0) is 14.0. The highest BCUT2D eigenvalue weighted by Gasteiger charge is 2.28. The van der Waals surface area contributed by atoms with Gasteiger partial charge in [-0.25, -0.2) is 9.78 Å². The average Bonchev–Trinajstić information content (AvgIpc) is 2.80. The summed E-state index contributed by atoms with van der Waals surface area (Å²) in [4.78, 5) is 18.4. The Labute approximate surface area is 122 Å². The first-order chi connectivity index (χ1) is 9.04. The lowest BCUT2D eigenvalue weighted by atomic mass is 9.85. The van der Waals surface area contributed by atoms with Crippen molar-refractivity contribution in [2.75, 3.05) is 19.1 Å². The Hall–Kier alpha value is -0.810. The van der Waals surface area contributed by atoms with Gasteiger partial charge >= 0.3 is 5.97 Å². The number of hydrogen-bond donors (Lipinski definition) is 0. The van der Waals surface area contributed by atoms with Gasteiger partial charge in [0.05, 0.1) is 7.11 Å². The van der Waals surface area contributed by atoms with Crippen LogP contribution in [0.1, 0.15) is 42.3 Å². The Balaban J connectivity index is 2.19. The number of thiazole rings is 1. The SMILES string of the molecule is COC(=O)c1sc(N(C)C2CCCCC2C)nc1Cl. The molecule has 1 aromatic rings. The molecule has 19 heavy (non-hydrogen) atoms. The minimum Gasteiger partial charge on any atom is -0.465 e. The molecule has 0 bridgehead atoms. The van der Waals surface area contributed by atoms with Gasteiger partial charge in [-0.3, -0.25) is 0 Å². The van der Waals surface area contributed by atoms with E-state index in [4.69, 9.17) is 16.3 Å². The van der Waals surface area contributed by atoms with Crippen molar-refractivity contribution in [3.05, 3.63) is 10.0 Å². The second-order valence-electron chi connectivity index (χ2n) is 5.05. The van der Waals surface area contributed by atoms with Crippen molar-refractivity contribution in [1.29, 1.82) is 0 Å². The smallest absolute Gasteiger partial charge is 0.351 e. The molecular weight excluding hydrogens is 284 g/mol. The largest absolute Gasteiger partial charge is 0.465 e. The van der Waals surface area contributed by atoms with E-state index in [1.807, 2.05) is 7.05 Å². The molecule has 106 valence electrons. The Morgan fingerprint density at radius 1 is 1.47 bits per heavy atom. The highest BCUT2D eigenvalue weighted by molar-refractivity contribution is 7.18. The molecule has 0 saturated heterocycles. The van der Waals surface area contributed by atoms with Crippen LogP contribution in [0.3, 0.4) is 0 Å². The van der Waals surface area contributed by atoms with E-state index in [0.717, 1.165) is 5.13 Å². The topological polar surface area (TPSA) is 42.4 Å². The number of hydrogen-bond acceptors (Lipinski definition) is 5. The number of rotatable bonds is 3. The van der Waals surface area contributed by atoms with Gasteiger partial charge < -0.3 is 9.64 Å². The molecule has 1 aliphatic carbocycles. The molecule has 0 aromatic carbocycles. The first-order valence-electron chi connectivity index (χ1n) is 6.52. The number of carbonyl (C=O) groups is 1. The van der Waals surface area contributed by atoms with Crippen LogP contribution in [0.5, 0.6) is 0 Å². The Morgan fingerprint density at radius 3 is 2.79 bits per heavy atom. The number of methoxy groups -OCH3 is 1. The number of esters is 1. The minimum atomic E-state index is -0.418. The average molecular weight is 303 g/mol. The van der Waals surface area contributed by atoms with E-state index in [1.165, 1.54) is 44.1 Å². The first kappa shape index (κ1) is 14.6. The van der Waals surface area contributed by atoms with Crippen LogP contribution in [0, 0.1) is 5.92 Å². The van der Waals surface area contributed by atoms with E-state index in [0.29, 0.717) is 16.8 Å². The van der Waals surface area contributed by atoms with Crippen LogP contribution in [-0.4, -0.2) is 31.2 Å². The number of anilines is 1. The molecular formula is C13H19ClN2O2S. The summed E-state index contributed by atoms with van der Waals surface area (Å²) in [5, 5.41) is 1.03.